The highest BCUT2D eigenvalue weighted by atomic mass is 15.5. The van der Waals surface area contributed by atoms with E-state index < -0.39 is 0 Å². The number of allylic oxidation sites excluding steroid dienone is 1. The Balaban J connectivity index is 3.14. The van der Waals surface area contributed by atoms with Crippen molar-refractivity contribution in [2.75, 3.05) is 7.05 Å². The average molecular weight is 221 g/mol. The van der Waals surface area contributed by atoms with Crippen LogP contribution < -0.4 is 5.73 Å². The maximum atomic E-state index is 5.89. The lowest BCUT2D eigenvalue weighted by Gasteiger charge is -2.30. The molecular formula is C11H19N5. The molecule has 0 spiro atoms. The zero-order chi connectivity index (χ0) is 12.1. The Hall–Kier alpha value is -1.65. The lowest BCUT2D eigenvalue weighted by atomic mass is 10.1. The molecule has 0 saturated heterocycles. The molecule has 0 aromatic heterocycles. The number of amidine groups is 1. The van der Waals surface area contributed by atoms with Crippen LogP contribution in [-0.4, -0.2) is 36.5 Å². The maximum absolute atomic E-state index is 5.89. The average Bonchev–Trinajstić information content (AvgIpc) is 2.27. The van der Waals surface area contributed by atoms with Gasteiger partial charge in [-0.15, -0.1) is 0 Å². The van der Waals surface area contributed by atoms with Crippen LogP contribution in [0, 0.1) is 0 Å². The molecule has 88 valence electrons. The number of hydrogen-bond acceptors (Lipinski definition) is 5. The first-order valence-electron chi connectivity index (χ1n) is 5.40. The Bertz CT molecular complexity index is 365. The monoisotopic (exact) mass is 221 g/mol. The molecular weight excluding hydrogens is 202 g/mol. The van der Waals surface area contributed by atoms with Crippen molar-refractivity contribution in [2.24, 2.45) is 20.8 Å². The zero-order valence-electron chi connectivity index (χ0n) is 10.3. The molecule has 2 N–H and O–H groups in total. The standard InChI is InChI=1S/C11H19N5/c1-5-9(3)16-10(8(2)6-13-4)11(12)14-7-15-16/h6-7,9H,5H2,1-4H3,(H2,12,14,15). The van der Waals surface area contributed by atoms with Crippen molar-refractivity contribution >= 4 is 18.4 Å². The molecule has 1 rings (SSSR count). The molecule has 1 unspecified atom stereocenters. The van der Waals surface area contributed by atoms with Crippen molar-refractivity contribution in [1.82, 2.24) is 5.01 Å². The van der Waals surface area contributed by atoms with Gasteiger partial charge in [0.25, 0.3) is 0 Å². The van der Waals surface area contributed by atoms with Crippen LogP contribution in [0.15, 0.2) is 26.4 Å². The molecule has 0 amide bonds. The topological polar surface area (TPSA) is 66.3 Å². The van der Waals surface area contributed by atoms with Crippen LogP contribution in [0.5, 0.6) is 0 Å². The van der Waals surface area contributed by atoms with Crippen LogP contribution in [0.4, 0.5) is 0 Å². The summed E-state index contributed by atoms with van der Waals surface area (Å²) < 4.78 is 0. The minimum absolute atomic E-state index is 0.292. The van der Waals surface area contributed by atoms with Gasteiger partial charge in [0.15, 0.2) is 5.84 Å². The Morgan fingerprint density at radius 1 is 1.69 bits per heavy atom. The summed E-state index contributed by atoms with van der Waals surface area (Å²) in [4.78, 5) is 8.02. The lowest BCUT2D eigenvalue weighted by molar-refractivity contribution is 0.284. The van der Waals surface area contributed by atoms with Crippen LogP contribution in [0.3, 0.4) is 0 Å². The molecule has 1 aliphatic heterocycles. The fourth-order valence-corrected chi connectivity index (χ4v) is 1.52. The molecule has 0 aliphatic carbocycles. The van der Waals surface area contributed by atoms with E-state index in [1.54, 1.807) is 13.3 Å². The minimum atomic E-state index is 0.292. The van der Waals surface area contributed by atoms with E-state index in [0.29, 0.717) is 11.9 Å². The van der Waals surface area contributed by atoms with Gasteiger partial charge < -0.3 is 5.73 Å². The van der Waals surface area contributed by atoms with Crippen molar-refractivity contribution in [3.05, 3.63) is 11.3 Å². The second-order valence-corrected chi connectivity index (χ2v) is 3.77. The highest BCUT2D eigenvalue weighted by Gasteiger charge is 2.21. The maximum Gasteiger partial charge on any atom is 0.151 e. The largest absolute Gasteiger partial charge is 0.382 e. The number of rotatable bonds is 3. The van der Waals surface area contributed by atoms with Crippen molar-refractivity contribution in [3.8, 4) is 0 Å². The van der Waals surface area contributed by atoms with E-state index in [9.17, 15) is 0 Å². The molecule has 5 nitrogen and oxygen atoms in total. The zero-order valence-corrected chi connectivity index (χ0v) is 10.3. The van der Waals surface area contributed by atoms with Crippen molar-refractivity contribution in [1.29, 1.82) is 0 Å². The van der Waals surface area contributed by atoms with Gasteiger partial charge in [-0.25, -0.2) is 4.99 Å². The van der Waals surface area contributed by atoms with Crippen molar-refractivity contribution in [2.45, 2.75) is 33.2 Å². The molecule has 16 heavy (non-hydrogen) atoms. The van der Waals surface area contributed by atoms with Gasteiger partial charge in [0.05, 0.1) is 0 Å². The normalized spacial score (nSPS) is 21.2. The molecule has 1 aliphatic rings. The first kappa shape index (κ1) is 12.4. The summed E-state index contributed by atoms with van der Waals surface area (Å²) in [6.45, 7) is 6.18. The molecule has 0 bridgehead atoms. The van der Waals surface area contributed by atoms with Crippen LogP contribution >= 0.6 is 0 Å². The third-order valence-electron chi connectivity index (χ3n) is 2.55. The van der Waals surface area contributed by atoms with E-state index in [4.69, 9.17) is 5.73 Å². The van der Waals surface area contributed by atoms with E-state index in [2.05, 4.69) is 28.9 Å². The van der Waals surface area contributed by atoms with E-state index in [1.807, 2.05) is 11.9 Å². The first-order valence-corrected chi connectivity index (χ1v) is 5.40. The summed E-state index contributed by atoms with van der Waals surface area (Å²) in [6.07, 6.45) is 4.25. The highest BCUT2D eigenvalue weighted by Crippen LogP contribution is 2.18. The van der Waals surface area contributed by atoms with Gasteiger partial charge in [0.1, 0.15) is 12.0 Å². The van der Waals surface area contributed by atoms with Gasteiger partial charge >= 0.3 is 0 Å². The predicted octanol–water partition coefficient (Wildman–Crippen LogP) is 1.38. The van der Waals surface area contributed by atoms with E-state index in [0.717, 1.165) is 17.7 Å². The molecule has 1 heterocycles. The SMILES string of the molecule is CCC(C)N1N=CN=C(N)C1=C(C)C=NC. The molecule has 1 atom stereocenters. The van der Waals surface area contributed by atoms with Crippen LogP contribution in [0.25, 0.3) is 0 Å². The van der Waals surface area contributed by atoms with E-state index in [-0.39, 0.29) is 0 Å². The van der Waals surface area contributed by atoms with Gasteiger partial charge in [-0.2, -0.15) is 5.10 Å². The summed E-state index contributed by atoms with van der Waals surface area (Å²) >= 11 is 0. The van der Waals surface area contributed by atoms with Crippen LogP contribution in [-0.2, 0) is 0 Å². The fourth-order valence-electron chi connectivity index (χ4n) is 1.52. The summed E-state index contributed by atoms with van der Waals surface area (Å²) in [7, 11) is 1.73. The second-order valence-electron chi connectivity index (χ2n) is 3.77. The van der Waals surface area contributed by atoms with Gasteiger partial charge in [0, 0.05) is 19.3 Å². The Morgan fingerprint density at radius 3 is 2.94 bits per heavy atom. The molecule has 5 heteroatoms. The first-order chi connectivity index (χ1) is 7.61. The second kappa shape index (κ2) is 5.44. The molecule has 0 aromatic rings. The van der Waals surface area contributed by atoms with Crippen LogP contribution in [0.2, 0.25) is 0 Å². The summed E-state index contributed by atoms with van der Waals surface area (Å²) in [6, 6.07) is 0.292. The van der Waals surface area contributed by atoms with E-state index >= 15 is 0 Å². The van der Waals surface area contributed by atoms with Gasteiger partial charge in [-0.1, -0.05) is 6.92 Å². The smallest absolute Gasteiger partial charge is 0.151 e. The Kier molecular flexibility index (Phi) is 4.22. The van der Waals surface area contributed by atoms with E-state index in [1.165, 1.54) is 6.34 Å². The fraction of sp³-hybridized carbons (Fsp3) is 0.545. The van der Waals surface area contributed by atoms with Crippen LogP contribution in [0.1, 0.15) is 27.2 Å². The highest BCUT2D eigenvalue weighted by molar-refractivity contribution is 6.05. The predicted molar refractivity (Wildman–Crippen MR) is 68.8 cm³/mol. The van der Waals surface area contributed by atoms with Crippen molar-refractivity contribution in [3.63, 3.8) is 0 Å². The van der Waals surface area contributed by atoms with Gasteiger partial charge in [-0.05, 0) is 25.8 Å². The number of nitrogens with zero attached hydrogens (tertiary/aromatic N) is 4. The number of hydrazone groups is 1. The summed E-state index contributed by atoms with van der Waals surface area (Å²) in [5.74, 6) is 0.493. The minimum Gasteiger partial charge on any atom is -0.382 e. The van der Waals surface area contributed by atoms with Crippen molar-refractivity contribution < 1.29 is 0 Å². The third kappa shape index (κ3) is 2.48. The molecule has 0 saturated carbocycles. The number of hydrogen-bond donors (Lipinski definition) is 1. The Labute approximate surface area is 96.4 Å². The molecule has 0 aromatic carbocycles. The quantitative estimate of drug-likeness (QED) is 0.731. The molecule has 0 fully saturated rings. The summed E-state index contributed by atoms with van der Waals surface area (Å²) in [5.41, 5.74) is 7.71. The number of nitrogens with two attached hydrogens (primary N) is 1. The third-order valence-corrected chi connectivity index (χ3v) is 2.55. The lowest BCUT2D eigenvalue weighted by Crippen LogP contribution is -2.37. The molecule has 0 radical (unpaired) electrons. The number of aliphatic imine (C=N–C) groups is 2. The summed E-state index contributed by atoms with van der Waals surface area (Å²) in [5, 5.41) is 6.16. The Morgan fingerprint density at radius 2 is 2.38 bits per heavy atom. The van der Waals surface area contributed by atoms with Gasteiger partial charge in [-0.3, -0.25) is 10.0 Å². The van der Waals surface area contributed by atoms with Gasteiger partial charge in [0.2, 0.25) is 0 Å².